The molecule has 0 saturated carbocycles. The van der Waals surface area contributed by atoms with Crippen LogP contribution in [0.2, 0.25) is 0 Å². The Morgan fingerprint density at radius 1 is 1.41 bits per heavy atom. The molecule has 4 rings (SSSR count). The fourth-order valence-corrected chi connectivity index (χ4v) is 4.55. The number of aryl methyl sites for hydroxylation is 3. The van der Waals surface area contributed by atoms with E-state index in [9.17, 15) is 19.7 Å². The first-order valence-electron chi connectivity index (χ1n) is 8.39. The predicted molar refractivity (Wildman–Crippen MR) is 99.2 cm³/mol. The molecule has 138 valence electrons. The molecule has 0 fully saturated rings. The van der Waals surface area contributed by atoms with Gasteiger partial charge in [-0.25, -0.2) is 9.78 Å². The number of nitro benzene ring substituents is 1. The summed E-state index contributed by atoms with van der Waals surface area (Å²) in [5.41, 5.74) is 1.24. The number of nitrogens with one attached hydrogen (secondary N) is 1. The van der Waals surface area contributed by atoms with Crippen LogP contribution in [0.1, 0.15) is 38.6 Å². The molecule has 8 nitrogen and oxygen atoms in total. The number of carbonyl (C=O) groups is 1. The molecular formula is C18H15N3O5S. The number of nitrogens with zero attached hydrogens (tertiary/aromatic N) is 2. The van der Waals surface area contributed by atoms with Crippen LogP contribution < -0.4 is 5.56 Å². The summed E-state index contributed by atoms with van der Waals surface area (Å²) in [6.07, 6.45) is 2.91. The fourth-order valence-electron chi connectivity index (χ4n) is 3.27. The first kappa shape index (κ1) is 17.3. The van der Waals surface area contributed by atoms with Crippen LogP contribution in [-0.4, -0.2) is 20.9 Å². The van der Waals surface area contributed by atoms with Crippen LogP contribution >= 0.6 is 11.3 Å². The van der Waals surface area contributed by atoms with Crippen molar-refractivity contribution in [2.24, 2.45) is 0 Å². The zero-order valence-electron chi connectivity index (χ0n) is 14.4. The Labute approximate surface area is 157 Å². The van der Waals surface area contributed by atoms with E-state index in [4.69, 9.17) is 4.74 Å². The largest absolute Gasteiger partial charge is 0.454 e. The maximum absolute atomic E-state index is 12.4. The van der Waals surface area contributed by atoms with E-state index >= 15 is 0 Å². The number of carbonyl (C=O) groups excluding carboxylic acids is 1. The van der Waals surface area contributed by atoms with Crippen molar-refractivity contribution >= 4 is 33.2 Å². The van der Waals surface area contributed by atoms with E-state index in [2.05, 4.69) is 9.97 Å². The van der Waals surface area contributed by atoms with E-state index in [1.54, 1.807) is 6.92 Å². The van der Waals surface area contributed by atoms with Crippen LogP contribution in [0.25, 0.3) is 10.2 Å². The van der Waals surface area contributed by atoms with Crippen molar-refractivity contribution in [3.05, 3.63) is 66.1 Å². The summed E-state index contributed by atoms with van der Waals surface area (Å²) in [6.45, 7) is 1.38. The lowest BCUT2D eigenvalue weighted by Crippen LogP contribution is -2.14. The third kappa shape index (κ3) is 3.10. The number of benzene rings is 1. The molecule has 0 amide bonds. The van der Waals surface area contributed by atoms with Crippen LogP contribution in [0.3, 0.4) is 0 Å². The first-order valence-corrected chi connectivity index (χ1v) is 9.21. The molecule has 0 aliphatic heterocycles. The number of hydrogen-bond donors (Lipinski definition) is 1. The molecular weight excluding hydrogens is 370 g/mol. The molecule has 0 atom stereocenters. The highest BCUT2D eigenvalue weighted by Gasteiger charge is 2.21. The lowest BCUT2D eigenvalue weighted by molar-refractivity contribution is -0.385. The number of ether oxygens (including phenoxy) is 1. The summed E-state index contributed by atoms with van der Waals surface area (Å²) < 4.78 is 5.18. The van der Waals surface area contributed by atoms with Crippen molar-refractivity contribution in [1.29, 1.82) is 0 Å². The van der Waals surface area contributed by atoms with Gasteiger partial charge in [0.2, 0.25) is 0 Å². The molecule has 9 heteroatoms. The molecule has 1 aliphatic rings. The minimum absolute atomic E-state index is 0.0748. The second kappa shape index (κ2) is 6.58. The highest BCUT2D eigenvalue weighted by Crippen LogP contribution is 2.34. The summed E-state index contributed by atoms with van der Waals surface area (Å²) in [7, 11) is 0. The minimum atomic E-state index is -0.713. The molecule has 0 bridgehead atoms. The molecule has 0 unspecified atom stereocenters. The number of esters is 1. The van der Waals surface area contributed by atoms with Gasteiger partial charge < -0.3 is 9.72 Å². The zero-order valence-corrected chi connectivity index (χ0v) is 15.2. The molecule has 1 N–H and O–H groups in total. The molecule has 1 aromatic carbocycles. The number of aromatic amines is 1. The van der Waals surface area contributed by atoms with E-state index in [0.717, 1.165) is 24.8 Å². The monoisotopic (exact) mass is 385 g/mol. The van der Waals surface area contributed by atoms with Gasteiger partial charge >= 0.3 is 5.97 Å². The summed E-state index contributed by atoms with van der Waals surface area (Å²) in [5, 5.41) is 11.6. The van der Waals surface area contributed by atoms with Crippen molar-refractivity contribution in [1.82, 2.24) is 9.97 Å². The molecule has 3 aromatic rings. The van der Waals surface area contributed by atoms with Crippen molar-refractivity contribution < 1.29 is 14.5 Å². The first-order chi connectivity index (χ1) is 12.9. The Bertz CT molecular complexity index is 1150. The van der Waals surface area contributed by atoms with Gasteiger partial charge in [-0.15, -0.1) is 11.3 Å². The Kier molecular flexibility index (Phi) is 4.23. The number of nitro groups is 1. The molecule has 2 heterocycles. The Morgan fingerprint density at radius 2 is 2.22 bits per heavy atom. The third-order valence-corrected chi connectivity index (χ3v) is 5.79. The number of aromatic nitrogens is 2. The van der Waals surface area contributed by atoms with Crippen molar-refractivity contribution in [2.75, 3.05) is 0 Å². The van der Waals surface area contributed by atoms with Crippen molar-refractivity contribution in [3.8, 4) is 0 Å². The van der Waals surface area contributed by atoms with Crippen molar-refractivity contribution in [2.45, 2.75) is 32.8 Å². The second-order valence-electron chi connectivity index (χ2n) is 6.38. The van der Waals surface area contributed by atoms with Crippen LogP contribution in [0, 0.1) is 17.0 Å². The van der Waals surface area contributed by atoms with E-state index in [0.29, 0.717) is 15.8 Å². The topological polar surface area (TPSA) is 115 Å². The summed E-state index contributed by atoms with van der Waals surface area (Å²) in [4.78, 5) is 44.0. The number of H-pyrrole nitrogens is 1. The number of thiophene rings is 1. The normalized spacial score (nSPS) is 12.9. The Morgan fingerprint density at radius 3 is 3.00 bits per heavy atom. The fraction of sp³-hybridized carbons (Fsp3) is 0.278. The number of hydrogen-bond acceptors (Lipinski definition) is 7. The Balaban J connectivity index is 1.55. The predicted octanol–water partition coefficient (Wildman–Crippen LogP) is 3.05. The van der Waals surface area contributed by atoms with Crippen LogP contribution in [0.5, 0.6) is 0 Å². The lowest BCUT2D eigenvalue weighted by Gasteiger charge is -2.05. The second-order valence-corrected chi connectivity index (χ2v) is 7.47. The van der Waals surface area contributed by atoms with Gasteiger partial charge in [-0.1, -0.05) is 6.07 Å². The maximum atomic E-state index is 12.4. The summed E-state index contributed by atoms with van der Waals surface area (Å²) in [6, 6.07) is 4.14. The van der Waals surface area contributed by atoms with Crippen LogP contribution in [0.4, 0.5) is 5.69 Å². The van der Waals surface area contributed by atoms with E-state index in [-0.39, 0.29) is 29.2 Å². The third-order valence-electron chi connectivity index (χ3n) is 4.61. The van der Waals surface area contributed by atoms with Crippen LogP contribution in [-0.2, 0) is 24.2 Å². The molecule has 2 aromatic heterocycles. The number of rotatable bonds is 4. The smallest absolute Gasteiger partial charge is 0.338 e. The van der Waals surface area contributed by atoms with Gasteiger partial charge in [0, 0.05) is 16.5 Å². The van der Waals surface area contributed by atoms with Gasteiger partial charge in [0.1, 0.15) is 17.3 Å². The molecule has 0 spiro atoms. The van der Waals surface area contributed by atoms with Gasteiger partial charge in [0.25, 0.3) is 11.2 Å². The molecule has 0 radical (unpaired) electrons. The molecule has 27 heavy (non-hydrogen) atoms. The molecule has 1 aliphatic carbocycles. The summed E-state index contributed by atoms with van der Waals surface area (Å²) >= 11 is 1.51. The Hall–Kier alpha value is -3.07. The van der Waals surface area contributed by atoms with Gasteiger partial charge in [-0.2, -0.15) is 0 Å². The quantitative estimate of drug-likeness (QED) is 0.419. The highest BCUT2D eigenvalue weighted by atomic mass is 32.1. The maximum Gasteiger partial charge on any atom is 0.338 e. The number of fused-ring (bicyclic) bond motifs is 3. The summed E-state index contributed by atoms with van der Waals surface area (Å²) in [5.74, 6) is -0.461. The van der Waals surface area contributed by atoms with Gasteiger partial charge in [-0.3, -0.25) is 14.9 Å². The van der Waals surface area contributed by atoms with Crippen LogP contribution in [0.15, 0.2) is 23.0 Å². The minimum Gasteiger partial charge on any atom is -0.454 e. The highest BCUT2D eigenvalue weighted by molar-refractivity contribution is 7.18. The molecule has 0 saturated heterocycles. The van der Waals surface area contributed by atoms with Gasteiger partial charge in [0.05, 0.1) is 15.9 Å². The van der Waals surface area contributed by atoms with Gasteiger partial charge in [0.15, 0.2) is 0 Å². The standard InChI is InChI=1S/C18H15N3O5S/c1-9-5-6-10(7-12(9)21(24)25)18(23)26-8-14-19-16(22)15-11-3-2-4-13(11)27-17(15)20-14/h5-7H,2-4,8H2,1H3,(H,19,20,22). The van der Waals surface area contributed by atoms with E-state index in [1.807, 2.05) is 0 Å². The van der Waals surface area contributed by atoms with E-state index < -0.39 is 10.9 Å². The average molecular weight is 385 g/mol. The van der Waals surface area contributed by atoms with E-state index in [1.165, 1.54) is 34.4 Å². The lowest BCUT2D eigenvalue weighted by atomic mass is 10.1. The SMILES string of the molecule is Cc1ccc(C(=O)OCc2nc3sc4c(c3c(=O)[nH]2)CCC4)cc1[N+](=O)[O-]. The zero-order chi connectivity index (χ0) is 19.1. The van der Waals surface area contributed by atoms with Crippen molar-refractivity contribution in [3.63, 3.8) is 0 Å². The van der Waals surface area contributed by atoms with Gasteiger partial charge in [-0.05, 0) is 37.8 Å². The average Bonchev–Trinajstić information content (AvgIpc) is 3.20.